The van der Waals surface area contributed by atoms with Crippen LogP contribution >= 0.6 is 34.8 Å². The minimum Gasteiger partial charge on any atom is -0.406 e. The monoisotopic (exact) mass is 444 g/mol. The Kier molecular flexibility index (Phi) is 4.98. The molecule has 0 N–H and O–H groups in total. The Hall–Kier alpha value is -1.38. The molecule has 27 heavy (non-hydrogen) atoms. The molecule has 2 unspecified atom stereocenters. The van der Waals surface area contributed by atoms with Crippen LogP contribution in [0.25, 0.3) is 0 Å². The van der Waals surface area contributed by atoms with Gasteiger partial charge in [0.05, 0.1) is 0 Å². The normalized spacial score (nSPS) is 26.9. The Morgan fingerprint density at radius 3 is 2.52 bits per heavy atom. The van der Waals surface area contributed by atoms with Gasteiger partial charge < -0.3 is 14.5 Å². The molecule has 148 valence electrons. The zero-order valence-corrected chi connectivity index (χ0v) is 16.2. The summed E-state index contributed by atoms with van der Waals surface area (Å²) >= 11 is 18.0. The summed E-state index contributed by atoms with van der Waals surface area (Å²) < 4.78 is 39.6. The molecular weight excluding hydrogens is 432 g/mol. The van der Waals surface area contributed by atoms with E-state index in [1.807, 2.05) is 0 Å². The lowest BCUT2D eigenvalue weighted by Crippen LogP contribution is -2.47. The number of hydrogen-bond donors (Lipinski definition) is 0. The second-order valence-corrected chi connectivity index (χ2v) is 8.57. The quantitative estimate of drug-likeness (QED) is 0.664. The van der Waals surface area contributed by atoms with Crippen molar-refractivity contribution in [3.63, 3.8) is 0 Å². The molecule has 5 nitrogen and oxygen atoms in total. The van der Waals surface area contributed by atoms with Crippen molar-refractivity contribution in [2.75, 3.05) is 18.5 Å². The topological polar surface area (TPSA) is 49.9 Å². The zero-order valence-electron chi connectivity index (χ0n) is 13.9. The van der Waals surface area contributed by atoms with Gasteiger partial charge in [0.2, 0.25) is 11.8 Å². The van der Waals surface area contributed by atoms with Gasteiger partial charge in [-0.15, -0.1) is 24.8 Å². The first kappa shape index (κ1) is 20.4. The smallest absolute Gasteiger partial charge is 0.406 e. The molecule has 2 aliphatic rings. The molecular formula is C16H14Cl3F3N2O3. The molecule has 2 fully saturated rings. The summed E-state index contributed by atoms with van der Waals surface area (Å²) in [5, 5.41) is 0. The van der Waals surface area contributed by atoms with Crippen molar-refractivity contribution in [1.29, 1.82) is 0 Å². The standard InChI is InChI=1S/C16H14Cl3F3N2O3/c1-23(13(26)14(17)8-15(14,18)19)11-5-6-24(12(11)25)9-3-2-4-10(7-9)27-16(20,21)22/h2-4,7,11H,5-6,8H2,1H3. The number of likely N-dealkylation sites (N-methyl/N-ethyl adjacent to an activating group) is 1. The van der Waals surface area contributed by atoms with Gasteiger partial charge in [-0.1, -0.05) is 29.3 Å². The van der Waals surface area contributed by atoms with Crippen LogP contribution in [0.15, 0.2) is 24.3 Å². The van der Waals surface area contributed by atoms with Gasteiger partial charge in [0.15, 0.2) is 4.87 Å². The fourth-order valence-electron chi connectivity index (χ4n) is 3.04. The van der Waals surface area contributed by atoms with Gasteiger partial charge in [-0.2, -0.15) is 0 Å². The van der Waals surface area contributed by atoms with Crippen LogP contribution in [0.3, 0.4) is 0 Å². The minimum absolute atomic E-state index is 0.0648. The van der Waals surface area contributed by atoms with E-state index in [9.17, 15) is 22.8 Å². The van der Waals surface area contributed by atoms with E-state index in [-0.39, 0.29) is 25.1 Å². The van der Waals surface area contributed by atoms with E-state index in [1.54, 1.807) is 0 Å². The first-order valence-electron chi connectivity index (χ1n) is 7.87. The van der Waals surface area contributed by atoms with Crippen molar-refractivity contribution in [1.82, 2.24) is 4.90 Å². The summed E-state index contributed by atoms with van der Waals surface area (Å²) in [4.78, 5) is 26.3. The van der Waals surface area contributed by atoms with E-state index in [4.69, 9.17) is 34.8 Å². The average molecular weight is 446 g/mol. The molecule has 0 aromatic heterocycles. The van der Waals surface area contributed by atoms with Crippen LogP contribution in [0.2, 0.25) is 0 Å². The molecule has 1 aromatic carbocycles. The van der Waals surface area contributed by atoms with Crippen molar-refractivity contribution in [2.45, 2.75) is 34.5 Å². The largest absolute Gasteiger partial charge is 0.573 e. The highest BCUT2D eigenvalue weighted by atomic mass is 35.5. The molecule has 0 radical (unpaired) electrons. The number of carbonyl (C=O) groups is 2. The van der Waals surface area contributed by atoms with Crippen LogP contribution in [-0.2, 0) is 9.59 Å². The van der Waals surface area contributed by atoms with Gasteiger partial charge in [0.1, 0.15) is 16.1 Å². The minimum atomic E-state index is -4.84. The molecule has 0 bridgehead atoms. The van der Waals surface area contributed by atoms with E-state index in [0.29, 0.717) is 0 Å². The number of rotatable bonds is 4. The van der Waals surface area contributed by atoms with E-state index >= 15 is 0 Å². The third-order valence-electron chi connectivity index (χ3n) is 4.59. The Morgan fingerprint density at radius 2 is 1.96 bits per heavy atom. The average Bonchev–Trinajstić information content (AvgIpc) is 2.87. The fourth-order valence-corrected chi connectivity index (χ4v) is 4.08. The lowest BCUT2D eigenvalue weighted by molar-refractivity contribution is -0.274. The van der Waals surface area contributed by atoms with Crippen LogP contribution in [0, 0.1) is 0 Å². The van der Waals surface area contributed by atoms with Crippen molar-refractivity contribution in [3.05, 3.63) is 24.3 Å². The zero-order chi connectivity index (χ0) is 20.2. The summed E-state index contributed by atoms with van der Waals surface area (Å²) in [7, 11) is 1.42. The lowest BCUT2D eigenvalue weighted by atomic mass is 10.2. The van der Waals surface area contributed by atoms with E-state index < -0.39 is 39.2 Å². The molecule has 1 saturated carbocycles. The first-order valence-corrected chi connectivity index (χ1v) is 9.00. The number of alkyl halides is 6. The van der Waals surface area contributed by atoms with Crippen molar-refractivity contribution < 1.29 is 27.5 Å². The van der Waals surface area contributed by atoms with E-state index in [1.165, 1.54) is 29.0 Å². The molecule has 3 rings (SSSR count). The number of amides is 2. The Labute approximate surface area is 167 Å². The number of nitrogens with zero attached hydrogens (tertiary/aromatic N) is 2. The number of halogens is 6. The van der Waals surface area contributed by atoms with Crippen LogP contribution in [0.1, 0.15) is 12.8 Å². The third kappa shape index (κ3) is 3.79. The van der Waals surface area contributed by atoms with Crippen LogP contribution in [-0.4, -0.2) is 51.9 Å². The van der Waals surface area contributed by atoms with Crippen molar-refractivity contribution in [3.8, 4) is 5.75 Å². The maximum Gasteiger partial charge on any atom is 0.573 e. The maximum absolute atomic E-state index is 12.7. The molecule has 1 heterocycles. The highest BCUT2D eigenvalue weighted by molar-refractivity contribution is 6.62. The van der Waals surface area contributed by atoms with Crippen molar-refractivity contribution >= 4 is 52.3 Å². The Morgan fingerprint density at radius 1 is 1.33 bits per heavy atom. The molecule has 0 spiro atoms. The number of hydrogen-bond acceptors (Lipinski definition) is 3. The van der Waals surface area contributed by atoms with Crippen LogP contribution in [0.5, 0.6) is 5.75 Å². The summed E-state index contributed by atoms with van der Waals surface area (Å²) in [6.45, 7) is 0.221. The maximum atomic E-state index is 12.7. The molecule has 1 aromatic rings. The van der Waals surface area contributed by atoms with Crippen LogP contribution < -0.4 is 9.64 Å². The molecule has 11 heteroatoms. The molecule has 1 saturated heterocycles. The highest BCUT2D eigenvalue weighted by Crippen LogP contribution is 2.62. The van der Waals surface area contributed by atoms with Crippen molar-refractivity contribution in [2.24, 2.45) is 0 Å². The van der Waals surface area contributed by atoms with Crippen LogP contribution in [0.4, 0.5) is 18.9 Å². The van der Waals surface area contributed by atoms with E-state index in [0.717, 1.165) is 12.1 Å². The first-order chi connectivity index (χ1) is 12.4. The summed E-state index contributed by atoms with van der Waals surface area (Å²) in [5.41, 5.74) is 0.237. The second kappa shape index (κ2) is 6.60. The fraction of sp³-hybridized carbons (Fsp3) is 0.500. The van der Waals surface area contributed by atoms with Gasteiger partial charge in [-0.3, -0.25) is 9.59 Å². The third-order valence-corrected chi connectivity index (χ3v) is 6.31. The Bertz CT molecular complexity index is 790. The summed E-state index contributed by atoms with van der Waals surface area (Å²) in [5.74, 6) is -1.44. The predicted molar refractivity (Wildman–Crippen MR) is 94.3 cm³/mol. The van der Waals surface area contributed by atoms with Gasteiger partial charge >= 0.3 is 6.36 Å². The number of anilines is 1. The molecule has 2 atom stereocenters. The SMILES string of the molecule is CN(C(=O)C1(Cl)CC1(Cl)Cl)C1CCN(c2cccc(OC(F)(F)F)c2)C1=O. The Balaban J connectivity index is 1.74. The highest BCUT2D eigenvalue weighted by Gasteiger charge is 2.72. The molecule has 1 aliphatic heterocycles. The predicted octanol–water partition coefficient (Wildman–Crippen LogP) is 3.70. The summed E-state index contributed by atoms with van der Waals surface area (Å²) in [6, 6.07) is 4.26. The number of benzene rings is 1. The lowest BCUT2D eigenvalue weighted by Gasteiger charge is -2.26. The van der Waals surface area contributed by atoms with Gasteiger partial charge in [0.25, 0.3) is 0 Å². The molecule has 2 amide bonds. The summed E-state index contributed by atoms with van der Waals surface area (Å²) in [6.07, 6.45) is -4.48. The molecule has 1 aliphatic carbocycles. The number of ether oxygens (including phenoxy) is 1. The van der Waals surface area contributed by atoms with Gasteiger partial charge in [-0.05, 0) is 18.6 Å². The second-order valence-electron chi connectivity index (χ2n) is 6.44. The van der Waals surface area contributed by atoms with Gasteiger partial charge in [-0.25, -0.2) is 0 Å². The van der Waals surface area contributed by atoms with Gasteiger partial charge in [0, 0.05) is 31.8 Å². The van der Waals surface area contributed by atoms with E-state index in [2.05, 4.69) is 4.74 Å². The number of carbonyl (C=O) groups excluding carboxylic acids is 2.